The number of hydrogen-bond acceptors (Lipinski definition) is 3. The van der Waals surface area contributed by atoms with Crippen LogP contribution in [0.4, 0.5) is 5.69 Å². The molecule has 1 amide bonds. The van der Waals surface area contributed by atoms with Gasteiger partial charge in [-0.1, -0.05) is 54.4 Å². The fraction of sp³-hybridized carbons (Fsp3) is 0.185. The summed E-state index contributed by atoms with van der Waals surface area (Å²) in [4.78, 5) is 12.5. The van der Waals surface area contributed by atoms with Crippen LogP contribution < -0.4 is 10.1 Å². The van der Waals surface area contributed by atoms with Crippen molar-refractivity contribution in [3.8, 4) is 11.8 Å². The van der Waals surface area contributed by atoms with Crippen LogP contribution in [0.25, 0.3) is 6.08 Å². The lowest BCUT2D eigenvalue weighted by atomic mass is 10.1. The smallest absolute Gasteiger partial charge is 0.266 e. The summed E-state index contributed by atoms with van der Waals surface area (Å²) in [5.41, 5.74) is 6.10. The Bertz CT molecular complexity index is 1170. The molecule has 0 aliphatic rings. The molecule has 162 valence electrons. The standard InChI is InChI=1S/C27H25BrN2O2/c1-4-20-5-8-24(9-6-20)30-27(31)23(16-29)14-21-7-10-26(25(28)15-21)32-17-22-12-18(2)11-19(3)13-22/h5-15H,4,17H2,1-3H3,(H,30,31)/b23-14+. The molecule has 3 aromatic carbocycles. The number of anilines is 1. The van der Waals surface area contributed by atoms with Crippen LogP contribution in [-0.4, -0.2) is 5.91 Å². The van der Waals surface area contributed by atoms with Gasteiger partial charge in [0, 0.05) is 5.69 Å². The number of benzene rings is 3. The lowest BCUT2D eigenvalue weighted by Gasteiger charge is -2.10. The molecule has 0 atom stereocenters. The van der Waals surface area contributed by atoms with E-state index in [2.05, 4.69) is 60.2 Å². The van der Waals surface area contributed by atoms with Crippen LogP contribution >= 0.6 is 15.9 Å². The molecule has 5 heteroatoms. The average Bonchev–Trinajstić information content (AvgIpc) is 2.76. The van der Waals surface area contributed by atoms with Crippen LogP contribution in [0.5, 0.6) is 5.75 Å². The summed E-state index contributed by atoms with van der Waals surface area (Å²) >= 11 is 3.53. The van der Waals surface area contributed by atoms with E-state index >= 15 is 0 Å². The molecule has 0 aromatic heterocycles. The van der Waals surface area contributed by atoms with E-state index in [1.807, 2.05) is 48.5 Å². The minimum absolute atomic E-state index is 0.0281. The van der Waals surface area contributed by atoms with E-state index in [4.69, 9.17) is 4.74 Å². The van der Waals surface area contributed by atoms with Crippen molar-refractivity contribution < 1.29 is 9.53 Å². The van der Waals surface area contributed by atoms with E-state index in [1.54, 1.807) is 6.08 Å². The summed E-state index contributed by atoms with van der Waals surface area (Å²) in [6.45, 7) is 6.66. The Morgan fingerprint density at radius 2 is 1.72 bits per heavy atom. The lowest BCUT2D eigenvalue weighted by Crippen LogP contribution is -2.13. The van der Waals surface area contributed by atoms with Crippen LogP contribution in [0.1, 0.15) is 34.7 Å². The van der Waals surface area contributed by atoms with Crippen LogP contribution in [-0.2, 0) is 17.8 Å². The third-order valence-electron chi connectivity index (χ3n) is 4.93. The van der Waals surface area contributed by atoms with Gasteiger partial charge in [0.1, 0.15) is 24.0 Å². The van der Waals surface area contributed by atoms with Crippen molar-refractivity contribution in [3.63, 3.8) is 0 Å². The number of ether oxygens (including phenoxy) is 1. The van der Waals surface area contributed by atoms with Crippen molar-refractivity contribution in [1.29, 1.82) is 5.26 Å². The van der Waals surface area contributed by atoms with Crippen molar-refractivity contribution in [2.75, 3.05) is 5.32 Å². The van der Waals surface area contributed by atoms with Gasteiger partial charge in [0.05, 0.1) is 4.47 Å². The molecule has 0 aliphatic heterocycles. The number of halogens is 1. The maximum atomic E-state index is 12.5. The summed E-state index contributed by atoms with van der Waals surface area (Å²) in [7, 11) is 0. The zero-order chi connectivity index (χ0) is 23.1. The molecule has 4 nitrogen and oxygen atoms in total. The predicted molar refractivity (Wildman–Crippen MR) is 132 cm³/mol. The third-order valence-corrected chi connectivity index (χ3v) is 5.55. The second-order valence-corrected chi connectivity index (χ2v) is 8.50. The van der Waals surface area contributed by atoms with Crippen molar-refractivity contribution in [1.82, 2.24) is 0 Å². The Balaban J connectivity index is 1.70. The Morgan fingerprint density at radius 1 is 1.03 bits per heavy atom. The van der Waals surface area contributed by atoms with Gasteiger partial charge in [0.2, 0.25) is 0 Å². The largest absolute Gasteiger partial charge is 0.488 e. The van der Waals surface area contributed by atoms with E-state index in [1.165, 1.54) is 16.7 Å². The summed E-state index contributed by atoms with van der Waals surface area (Å²) in [5, 5.41) is 12.3. The SMILES string of the molecule is CCc1ccc(NC(=O)/C(C#N)=C/c2ccc(OCc3cc(C)cc(C)c3)c(Br)c2)cc1. The second kappa shape index (κ2) is 10.8. The maximum absolute atomic E-state index is 12.5. The summed E-state index contributed by atoms with van der Waals surface area (Å²) in [5.74, 6) is 0.253. The maximum Gasteiger partial charge on any atom is 0.266 e. The van der Waals surface area contributed by atoms with Gasteiger partial charge in [-0.2, -0.15) is 5.26 Å². The Labute approximate surface area is 197 Å². The van der Waals surface area contributed by atoms with Crippen LogP contribution in [0.15, 0.2) is 70.7 Å². The van der Waals surface area contributed by atoms with E-state index in [0.717, 1.165) is 22.0 Å². The number of carbonyl (C=O) groups is 1. The first kappa shape index (κ1) is 23.3. The average molecular weight is 489 g/mol. The molecule has 0 unspecified atom stereocenters. The topological polar surface area (TPSA) is 62.1 Å². The van der Waals surface area contributed by atoms with Gasteiger partial charge in [-0.15, -0.1) is 0 Å². The normalized spacial score (nSPS) is 11.0. The van der Waals surface area contributed by atoms with Gasteiger partial charge in [0.25, 0.3) is 5.91 Å². The molecule has 0 fully saturated rings. The zero-order valence-electron chi connectivity index (χ0n) is 18.4. The van der Waals surface area contributed by atoms with Gasteiger partial charge >= 0.3 is 0 Å². The highest BCUT2D eigenvalue weighted by molar-refractivity contribution is 9.10. The minimum Gasteiger partial charge on any atom is -0.488 e. The second-order valence-electron chi connectivity index (χ2n) is 7.65. The molecule has 0 spiro atoms. The first-order chi connectivity index (χ1) is 15.4. The monoisotopic (exact) mass is 488 g/mol. The Hall–Kier alpha value is -3.36. The molecular weight excluding hydrogens is 464 g/mol. The minimum atomic E-state index is -0.442. The summed E-state index contributed by atoms with van der Waals surface area (Å²) < 4.78 is 6.71. The van der Waals surface area contributed by atoms with E-state index in [-0.39, 0.29) is 5.57 Å². The number of rotatable bonds is 7. The van der Waals surface area contributed by atoms with Crippen molar-refractivity contribution in [2.24, 2.45) is 0 Å². The van der Waals surface area contributed by atoms with E-state index < -0.39 is 5.91 Å². The number of amides is 1. The highest BCUT2D eigenvalue weighted by atomic mass is 79.9. The van der Waals surface area contributed by atoms with Crippen molar-refractivity contribution in [3.05, 3.63) is 98.5 Å². The lowest BCUT2D eigenvalue weighted by molar-refractivity contribution is -0.112. The molecule has 0 saturated heterocycles. The predicted octanol–water partition coefficient (Wildman–Crippen LogP) is 6.75. The molecule has 3 aromatic rings. The highest BCUT2D eigenvalue weighted by Gasteiger charge is 2.11. The number of nitriles is 1. The molecule has 32 heavy (non-hydrogen) atoms. The van der Waals surface area contributed by atoms with Crippen LogP contribution in [0.3, 0.4) is 0 Å². The Morgan fingerprint density at radius 3 is 2.31 bits per heavy atom. The fourth-order valence-electron chi connectivity index (χ4n) is 3.37. The number of aryl methyl sites for hydroxylation is 3. The van der Waals surface area contributed by atoms with Gasteiger partial charge in [-0.25, -0.2) is 0 Å². The van der Waals surface area contributed by atoms with E-state index in [9.17, 15) is 10.1 Å². The molecular formula is C27H25BrN2O2. The first-order valence-electron chi connectivity index (χ1n) is 10.4. The molecule has 0 radical (unpaired) electrons. The van der Waals surface area contributed by atoms with Crippen molar-refractivity contribution in [2.45, 2.75) is 33.8 Å². The van der Waals surface area contributed by atoms with Crippen molar-refractivity contribution >= 4 is 33.6 Å². The van der Waals surface area contributed by atoms with Gasteiger partial charge < -0.3 is 10.1 Å². The summed E-state index contributed by atoms with van der Waals surface area (Å²) in [6.07, 6.45) is 2.49. The number of hydrogen-bond donors (Lipinski definition) is 1. The quantitative estimate of drug-likeness (QED) is 0.295. The number of nitrogens with one attached hydrogen (secondary N) is 1. The molecule has 0 bridgehead atoms. The molecule has 0 saturated carbocycles. The number of carbonyl (C=O) groups excluding carboxylic acids is 1. The summed E-state index contributed by atoms with van der Waals surface area (Å²) in [6, 6.07) is 21.4. The zero-order valence-corrected chi connectivity index (χ0v) is 20.0. The van der Waals surface area contributed by atoms with E-state index in [0.29, 0.717) is 18.0 Å². The first-order valence-corrected chi connectivity index (χ1v) is 11.2. The van der Waals surface area contributed by atoms with Gasteiger partial charge in [-0.3, -0.25) is 4.79 Å². The molecule has 3 rings (SSSR count). The van der Waals surface area contributed by atoms with Crippen LogP contribution in [0.2, 0.25) is 0 Å². The third kappa shape index (κ3) is 6.32. The molecule has 0 heterocycles. The molecule has 0 aliphatic carbocycles. The van der Waals surface area contributed by atoms with Crippen LogP contribution in [0, 0.1) is 25.2 Å². The number of nitrogens with zero attached hydrogens (tertiary/aromatic N) is 1. The van der Waals surface area contributed by atoms with Gasteiger partial charge in [0.15, 0.2) is 0 Å². The fourth-order valence-corrected chi connectivity index (χ4v) is 3.89. The Kier molecular flexibility index (Phi) is 7.86. The van der Waals surface area contributed by atoms with Gasteiger partial charge in [-0.05, 0) is 83.2 Å². The molecule has 1 N–H and O–H groups in total. The highest BCUT2D eigenvalue weighted by Crippen LogP contribution is 2.28.